The standard InChI is InChI=1S/C22H23ClN6O3/c1-15-2-3-17(14-18(15)23)25-22(31)29-12-10-28(11-13-29)20(30)5-4-19-26-21(27-32-19)16-6-8-24-9-7-16/h2-3,6-9,14H,4-5,10-13H2,1H3,(H,25,31). The summed E-state index contributed by atoms with van der Waals surface area (Å²) in [7, 11) is 0. The van der Waals surface area contributed by atoms with Crippen molar-refractivity contribution in [2.45, 2.75) is 19.8 Å². The molecule has 1 saturated heterocycles. The molecule has 1 N–H and O–H groups in total. The maximum atomic E-state index is 12.6. The molecule has 2 aromatic heterocycles. The lowest BCUT2D eigenvalue weighted by Gasteiger charge is -2.34. The van der Waals surface area contributed by atoms with Crippen LogP contribution in [0.1, 0.15) is 17.9 Å². The van der Waals surface area contributed by atoms with E-state index in [2.05, 4.69) is 20.4 Å². The smallest absolute Gasteiger partial charge is 0.321 e. The van der Waals surface area contributed by atoms with E-state index in [-0.39, 0.29) is 18.4 Å². The van der Waals surface area contributed by atoms with Gasteiger partial charge in [0.1, 0.15) is 0 Å². The number of nitrogens with zero attached hydrogens (tertiary/aromatic N) is 5. The van der Waals surface area contributed by atoms with Crippen LogP contribution in [-0.2, 0) is 11.2 Å². The minimum absolute atomic E-state index is 0.000893. The van der Waals surface area contributed by atoms with Gasteiger partial charge in [-0.05, 0) is 36.8 Å². The normalized spacial score (nSPS) is 13.8. The molecule has 9 nitrogen and oxygen atoms in total. The van der Waals surface area contributed by atoms with E-state index in [9.17, 15) is 9.59 Å². The predicted molar refractivity (Wildman–Crippen MR) is 119 cm³/mol. The molecule has 32 heavy (non-hydrogen) atoms. The average molecular weight is 455 g/mol. The van der Waals surface area contributed by atoms with E-state index < -0.39 is 0 Å². The molecule has 3 heterocycles. The number of pyridine rings is 1. The Kier molecular flexibility index (Phi) is 6.65. The van der Waals surface area contributed by atoms with E-state index in [1.165, 1.54) is 0 Å². The number of amides is 3. The van der Waals surface area contributed by atoms with Crippen LogP contribution in [-0.4, -0.2) is 63.0 Å². The molecule has 0 bridgehead atoms. The van der Waals surface area contributed by atoms with Gasteiger partial charge in [0.2, 0.25) is 17.6 Å². The van der Waals surface area contributed by atoms with Crippen molar-refractivity contribution in [3.63, 3.8) is 0 Å². The van der Waals surface area contributed by atoms with Crippen LogP contribution in [0.5, 0.6) is 0 Å². The zero-order chi connectivity index (χ0) is 22.5. The molecule has 0 spiro atoms. The van der Waals surface area contributed by atoms with Crippen LogP contribution in [0, 0.1) is 6.92 Å². The van der Waals surface area contributed by atoms with Crippen molar-refractivity contribution in [3.05, 3.63) is 59.2 Å². The van der Waals surface area contributed by atoms with Gasteiger partial charge in [0, 0.05) is 67.7 Å². The quantitative estimate of drug-likeness (QED) is 0.633. The van der Waals surface area contributed by atoms with Gasteiger partial charge in [-0.15, -0.1) is 0 Å². The zero-order valence-electron chi connectivity index (χ0n) is 17.6. The Labute approximate surface area is 190 Å². The number of piperazine rings is 1. The molecule has 0 saturated carbocycles. The van der Waals surface area contributed by atoms with Crippen LogP contribution in [0.15, 0.2) is 47.2 Å². The molecular formula is C22H23ClN6O3. The van der Waals surface area contributed by atoms with Gasteiger partial charge in [0.15, 0.2) is 0 Å². The summed E-state index contributed by atoms with van der Waals surface area (Å²) in [5.74, 6) is 0.892. The van der Waals surface area contributed by atoms with Crippen LogP contribution in [0.4, 0.5) is 10.5 Å². The minimum Gasteiger partial charge on any atom is -0.339 e. The average Bonchev–Trinajstić information content (AvgIpc) is 3.30. The number of carbonyl (C=O) groups excluding carboxylic acids is 2. The highest BCUT2D eigenvalue weighted by Crippen LogP contribution is 2.20. The van der Waals surface area contributed by atoms with E-state index >= 15 is 0 Å². The van der Waals surface area contributed by atoms with Gasteiger partial charge in [0.25, 0.3) is 0 Å². The summed E-state index contributed by atoms with van der Waals surface area (Å²) in [6.07, 6.45) is 3.95. The van der Waals surface area contributed by atoms with Crippen molar-refractivity contribution in [3.8, 4) is 11.4 Å². The number of halogens is 1. The Bertz CT molecular complexity index is 1100. The number of aromatic nitrogens is 3. The molecule has 166 valence electrons. The van der Waals surface area contributed by atoms with E-state index in [0.717, 1.165) is 11.1 Å². The number of urea groups is 1. The molecule has 3 aromatic rings. The highest BCUT2D eigenvalue weighted by atomic mass is 35.5. The van der Waals surface area contributed by atoms with Crippen molar-refractivity contribution in [1.29, 1.82) is 0 Å². The van der Waals surface area contributed by atoms with Crippen molar-refractivity contribution in [2.24, 2.45) is 0 Å². The number of aryl methyl sites for hydroxylation is 2. The van der Waals surface area contributed by atoms with Gasteiger partial charge in [-0.1, -0.05) is 22.8 Å². The van der Waals surface area contributed by atoms with Gasteiger partial charge >= 0.3 is 6.03 Å². The summed E-state index contributed by atoms with van der Waals surface area (Å²) >= 11 is 6.12. The highest BCUT2D eigenvalue weighted by Gasteiger charge is 2.24. The fraction of sp³-hybridized carbons (Fsp3) is 0.318. The van der Waals surface area contributed by atoms with E-state index in [4.69, 9.17) is 16.1 Å². The number of nitrogens with one attached hydrogen (secondary N) is 1. The van der Waals surface area contributed by atoms with Gasteiger partial charge in [-0.2, -0.15) is 4.98 Å². The topological polar surface area (TPSA) is 104 Å². The van der Waals surface area contributed by atoms with Gasteiger partial charge in [-0.25, -0.2) is 4.79 Å². The van der Waals surface area contributed by atoms with Crippen molar-refractivity contribution in [1.82, 2.24) is 24.9 Å². The molecule has 0 unspecified atom stereocenters. The molecule has 0 radical (unpaired) electrons. The first-order valence-corrected chi connectivity index (χ1v) is 10.7. The first-order chi connectivity index (χ1) is 15.5. The molecule has 4 rings (SSSR count). The fourth-order valence-electron chi connectivity index (χ4n) is 3.38. The fourth-order valence-corrected chi connectivity index (χ4v) is 3.56. The molecule has 1 fully saturated rings. The van der Waals surface area contributed by atoms with Gasteiger partial charge in [0.05, 0.1) is 0 Å². The Morgan fingerprint density at radius 1 is 1.09 bits per heavy atom. The van der Waals surface area contributed by atoms with Crippen molar-refractivity contribution < 1.29 is 14.1 Å². The van der Waals surface area contributed by atoms with E-state index in [1.54, 1.807) is 40.4 Å². The summed E-state index contributed by atoms with van der Waals surface area (Å²) in [5, 5.41) is 7.41. The number of benzene rings is 1. The molecule has 1 aliphatic rings. The lowest BCUT2D eigenvalue weighted by molar-refractivity contribution is -0.132. The molecule has 1 aliphatic heterocycles. The summed E-state index contributed by atoms with van der Waals surface area (Å²) in [4.78, 5) is 36.8. The lowest BCUT2D eigenvalue weighted by atomic mass is 10.2. The van der Waals surface area contributed by atoms with Crippen LogP contribution in [0.25, 0.3) is 11.4 Å². The molecule has 1 aromatic carbocycles. The molecule has 0 atom stereocenters. The SMILES string of the molecule is Cc1ccc(NC(=O)N2CCN(C(=O)CCc3nc(-c4ccncc4)no3)CC2)cc1Cl. The predicted octanol–water partition coefficient (Wildman–Crippen LogP) is 3.40. The number of anilines is 1. The number of rotatable bonds is 5. The lowest BCUT2D eigenvalue weighted by Crippen LogP contribution is -2.51. The van der Waals surface area contributed by atoms with E-state index in [1.807, 2.05) is 19.1 Å². The Hall–Kier alpha value is -3.46. The van der Waals surface area contributed by atoms with Crippen molar-refractivity contribution >= 4 is 29.2 Å². The first-order valence-electron chi connectivity index (χ1n) is 10.3. The highest BCUT2D eigenvalue weighted by molar-refractivity contribution is 6.31. The molecular weight excluding hydrogens is 432 g/mol. The second-order valence-corrected chi connectivity index (χ2v) is 7.92. The third-order valence-electron chi connectivity index (χ3n) is 5.30. The maximum absolute atomic E-state index is 12.6. The zero-order valence-corrected chi connectivity index (χ0v) is 18.4. The largest absolute Gasteiger partial charge is 0.339 e. The van der Waals surface area contributed by atoms with Crippen LogP contribution in [0.3, 0.4) is 0 Å². The molecule has 10 heteroatoms. The van der Waals surface area contributed by atoms with Gasteiger partial charge < -0.3 is 19.6 Å². The third kappa shape index (κ3) is 5.23. The Balaban J connectivity index is 1.23. The minimum atomic E-state index is -0.202. The molecule has 0 aliphatic carbocycles. The van der Waals surface area contributed by atoms with Crippen molar-refractivity contribution in [2.75, 3.05) is 31.5 Å². The second-order valence-electron chi connectivity index (χ2n) is 7.51. The summed E-state index contributed by atoms with van der Waals surface area (Å²) in [6.45, 7) is 3.79. The van der Waals surface area contributed by atoms with Crippen LogP contribution in [0.2, 0.25) is 5.02 Å². The second kappa shape index (κ2) is 9.78. The maximum Gasteiger partial charge on any atom is 0.321 e. The third-order valence-corrected chi connectivity index (χ3v) is 5.71. The van der Waals surface area contributed by atoms with Gasteiger partial charge in [-0.3, -0.25) is 9.78 Å². The Morgan fingerprint density at radius 2 is 1.81 bits per heavy atom. The summed E-state index contributed by atoms with van der Waals surface area (Å²) in [5.41, 5.74) is 2.41. The number of hydrogen-bond donors (Lipinski definition) is 1. The Morgan fingerprint density at radius 3 is 2.53 bits per heavy atom. The summed E-state index contributed by atoms with van der Waals surface area (Å²) < 4.78 is 5.25. The number of hydrogen-bond acceptors (Lipinski definition) is 6. The van der Waals surface area contributed by atoms with E-state index in [0.29, 0.717) is 55.0 Å². The van der Waals surface area contributed by atoms with Crippen LogP contribution < -0.4 is 5.32 Å². The number of carbonyl (C=O) groups is 2. The molecule has 3 amide bonds. The van der Waals surface area contributed by atoms with Crippen LogP contribution >= 0.6 is 11.6 Å². The monoisotopic (exact) mass is 454 g/mol. The summed E-state index contributed by atoms with van der Waals surface area (Å²) in [6, 6.07) is 8.79. The first kappa shape index (κ1) is 21.8.